The Kier molecular flexibility index (Phi) is 2.63. The highest BCUT2D eigenvalue weighted by molar-refractivity contribution is 6.31. The van der Waals surface area contributed by atoms with E-state index in [1.807, 2.05) is 0 Å². The van der Waals surface area contributed by atoms with Crippen LogP contribution in [0.4, 0.5) is 4.39 Å². The number of nitriles is 1. The predicted octanol–water partition coefficient (Wildman–Crippen LogP) is 1.75. The van der Waals surface area contributed by atoms with Crippen LogP contribution in [-0.2, 0) is 0 Å². The van der Waals surface area contributed by atoms with Crippen LogP contribution in [0.3, 0.4) is 0 Å². The molecule has 0 atom stereocenters. The van der Waals surface area contributed by atoms with Crippen molar-refractivity contribution in [2.45, 2.75) is 0 Å². The van der Waals surface area contributed by atoms with E-state index in [9.17, 15) is 4.39 Å². The van der Waals surface area contributed by atoms with Gasteiger partial charge in [-0.05, 0) is 5.92 Å². The number of pyridine rings is 1. The summed E-state index contributed by atoms with van der Waals surface area (Å²) in [5, 5.41) is 8.35. The molecule has 4 heteroatoms. The van der Waals surface area contributed by atoms with Gasteiger partial charge in [0.1, 0.15) is 0 Å². The maximum absolute atomic E-state index is 12.5. The van der Waals surface area contributed by atoms with E-state index >= 15 is 0 Å². The summed E-state index contributed by atoms with van der Waals surface area (Å²) in [6.07, 6.45) is 1.15. The van der Waals surface area contributed by atoms with Crippen LogP contribution >= 0.6 is 11.6 Å². The average molecular weight is 181 g/mol. The van der Waals surface area contributed by atoms with Crippen LogP contribution in [0, 0.1) is 29.1 Å². The SMILES string of the molecule is N#CC#Cc1cc(F)ncc1Cl. The van der Waals surface area contributed by atoms with Crippen LogP contribution in [0.5, 0.6) is 0 Å². The molecule has 0 unspecified atom stereocenters. The largest absolute Gasteiger partial charge is 0.227 e. The monoisotopic (exact) mass is 180 g/mol. The van der Waals surface area contributed by atoms with Crippen molar-refractivity contribution in [3.63, 3.8) is 0 Å². The Hall–Kier alpha value is -1.58. The Bertz CT molecular complexity index is 398. The topological polar surface area (TPSA) is 36.7 Å². The lowest BCUT2D eigenvalue weighted by atomic mass is 10.3. The summed E-state index contributed by atoms with van der Waals surface area (Å²) in [6.45, 7) is 0. The molecule has 2 nitrogen and oxygen atoms in total. The lowest BCUT2D eigenvalue weighted by molar-refractivity contribution is 0.583. The molecule has 0 bridgehead atoms. The Morgan fingerprint density at radius 2 is 2.33 bits per heavy atom. The summed E-state index contributed by atoms with van der Waals surface area (Å²) in [5.74, 6) is 3.82. The van der Waals surface area contributed by atoms with Crippen LogP contribution in [0.1, 0.15) is 5.56 Å². The average Bonchev–Trinajstić information content (AvgIpc) is 2.07. The molecule has 1 aromatic rings. The molecule has 0 amide bonds. The third kappa shape index (κ3) is 1.95. The lowest BCUT2D eigenvalue weighted by Gasteiger charge is -1.92. The van der Waals surface area contributed by atoms with Crippen LogP contribution in [0.2, 0.25) is 5.02 Å². The van der Waals surface area contributed by atoms with E-state index in [4.69, 9.17) is 16.9 Å². The molecule has 0 aliphatic rings. The second-order valence-electron chi connectivity index (χ2n) is 1.85. The van der Waals surface area contributed by atoms with Crippen molar-refractivity contribution >= 4 is 11.6 Å². The summed E-state index contributed by atoms with van der Waals surface area (Å²) in [5.41, 5.74) is 0.269. The first kappa shape index (κ1) is 8.52. The molecule has 58 valence electrons. The van der Waals surface area contributed by atoms with Gasteiger partial charge in [0.2, 0.25) is 5.95 Å². The summed E-state index contributed by atoms with van der Waals surface area (Å²) in [7, 11) is 0. The summed E-state index contributed by atoms with van der Waals surface area (Å²) in [6, 6.07) is 2.68. The van der Waals surface area contributed by atoms with Gasteiger partial charge in [-0.15, -0.1) is 0 Å². The molecule has 0 saturated heterocycles. The zero-order valence-corrected chi connectivity index (χ0v) is 6.56. The van der Waals surface area contributed by atoms with E-state index in [1.165, 1.54) is 0 Å². The summed E-state index contributed by atoms with van der Waals surface area (Å²) in [4.78, 5) is 3.30. The molecule has 0 aromatic carbocycles. The molecule has 0 N–H and O–H groups in total. The highest BCUT2D eigenvalue weighted by Crippen LogP contribution is 2.13. The Morgan fingerprint density at radius 3 is 3.00 bits per heavy atom. The van der Waals surface area contributed by atoms with E-state index < -0.39 is 5.95 Å². The molecule has 0 aliphatic heterocycles. The molecule has 0 radical (unpaired) electrons. The molecule has 1 rings (SSSR count). The third-order valence-corrected chi connectivity index (χ3v) is 1.38. The van der Waals surface area contributed by atoms with E-state index in [0.717, 1.165) is 12.3 Å². The summed E-state index contributed by atoms with van der Waals surface area (Å²) < 4.78 is 12.5. The standard InChI is InChI=1S/C8H2ClFN2/c9-7-5-12-8(10)4-6(7)2-1-3-11/h4-5H. The molecule has 0 spiro atoms. The fraction of sp³-hybridized carbons (Fsp3) is 0. The molecule has 0 aliphatic carbocycles. The third-order valence-electron chi connectivity index (χ3n) is 1.08. The number of halogens is 2. The molecule has 1 aromatic heterocycles. The number of hydrogen-bond acceptors (Lipinski definition) is 2. The molecule has 1 heterocycles. The molecular weight excluding hydrogens is 179 g/mol. The van der Waals surface area contributed by atoms with Gasteiger partial charge in [0.25, 0.3) is 0 Å². The number of hydrogen-bond donors (Lipinski definition) is 0. The van der Waals surface area contributed by atoms with Gasteiger partial charge in [0.15, 0.2) is 6.07 Å². The molecule has 12 heavy (non-hydrogen) atoms. The van der Waals surface area contributed by atoms with Crippen molar-refractivity contribution in [2.75, 3.05) is 0 Å². The molecular formula is C8H2ClFN2. The van der Waals surface area contributed by atoms with E-state index in [-0.39, 0.29) is 10.6 Å². The number of nitrogens with zero attached hydrogens (tertiary/aromatic N) is 2. The van der Waals surface area contributed by atoms with Gasteiger partial charge >= 0.3 is 0 Å². The van der Waals surface area contributed by atoms with E-state index in [1.54, 1.807) is 6.07 Å². The zero-order valence-electron chi connectivity index (χ0n) is 5.81. The maximum atomic E-state index is 12.5. The lowest BCUT2D eigenvalue weighted by Crippen LogP contribution is -1.84. The van der Waals surface area contributed by atoms with Gasteiger partial charge < -0.3 is 0 Å². The molecule has 0 saturated carbocycles. The smallest absolute Gasteiger partial charge is 0.214 e. The first-order valence-corrected chi connectivity index (χ1v) is 3.33. The minimum Gasteiger partial charge on any atom is -0.227 e. The Morgan fingerprint density at radius 1 is 1.58 bits per heavy atom. The number of aromatic nitrogens is 1. The Labute approximate surface area is 73.6 Å². The van der Waals surface area contributed by atoms with Gasteiger partial charge in [0, 0.05) is 18.2 Å². The minimum atomic E-state index is -0.665. The first-order chi connectivity index (χ1) is 5.74. The fourth-order valence-electron chi connectivity index (χ4n) is 0.604. The highest BCUT2D eigenvalue weighted by Gasteiger charge is 1.98. The second-order valence-corrected chi connectivity index (χ2v) is 2.26. The van der Waals surface area contributed by atoms with E-state index in [2.05, 4.69) is 16.8 Å². The van der Waals surface area contributed by atoms with Crippen molar-refractivity contribution in [2.24, 2.45) is 0 Å². The molecule has 0 fully saturated rings. The predicted molar refractivity (Wildman–Crippen MR) is 41.7 cm³/mol. The van der Waals surface area contributed by atoms with Gasteiger partial charge in [0.05, 0.1) is 10.6 Å². The van der Waals surface area contributed by atoms with E-state index in [0.29, 0.717) is 0 Å². The van der Waals surface area contributed by atoms with Crippen LogP contribution in [-0.4, -0.2) is 4.98 Å². The normalized spacial score (nSPS) is 8.08. The first-order valence-electron chi connectivity index (χ1n) is 2.95. The summed E-state index contributed by atoms with van der Waals surface area (Å²) >= 11 is 5.59. The van der Waals surface area contributed by atoms with Crippen LogP contribution in [0.25, 0.3) is 0 Å². The van der Waals surface area contributed by atoms with Gasteiger partial charge in [-0.1, -0.05) is 11.6 Å². The maximum Gasteiger partial charge on any atom is 0.214 e. The van der Waals surface area contributed by atoms with Crippen molar-refractivity contribution in [3.8, 4) is 17.9 Å². The Balaban J connectivity index is 3.16. The second kappa shape index (κ2) is 3.71. The minimum absolute atomic E-state index is 0.235. The van der Waals surface area contributed by atoms with Crippen molar-refractivity contribution < 1.29 is 4.39 Å². The van der Waals surface area contributed by atoms with Gasteiger partial charge in [-0.25, -0.2) is 4.98 Å². The van der Waals surface area contributed by atoms with Crippen LogP contribution < -0.4 is 0 Å². The van der Waals surface area contributed by atoms with Crippen LogP contribution in [0.15, 0.2) is 12.3 Å². The highest BCUT2D eigenvalue weighted by atomic mass is 35.5. The zero-order chi connectivity index (χ0) is 8.97. The van der Waals surface area contributed by atoms with Gasteiger partial charge in [-0.3, -0.25) is 0 Å². The van der Waals surface area contributed by atoms with Crippen molar-refractivity contribution in [1.82, 2.24) is 4.98 Å². The number of rotatable bonds is 0. The van der Waals surface area contributed by atoms with Crippen molar-refractivity contribution in [1.29, 1.82) is 5.26 Å². The van der Waals surface area contributed by atoms with Crippen molar-refractivity contribution in [3.05, 3.63) is 28.8 Å². The van der Waals surface area contributed by atoms with Gasteiger partial charge in [-0.2, -0.15) is 9.65 Å². The fourth-order valence-corrected chi connectivity index (χ4v) is 0.755. The quantitative estimate of drug-likeness (QED) is 0.451.